The van der Waals surface area contributed by atoms with Gasteiger partial charge in [-0.25, -0.2) is 0 Å². The number of hydrogen-bond acceptors (Lipinski definition) is 2. The Kier molecular flexibility index (Phi) is 7.03. The first-order valence-electron chi connectivity index (χ1n) is 7.87. The standard InChI is InChI=1S/C17H25Br2NO/c1-12(14-7-5-3-4-6-8-14)20-11-13-9-15(18)17(21-2)16(19)10-13/h9-10,12,14,20H,3-8,11H2,1-2H3/t12-/m1/s1. The van der Waals surface area contributed by atoms with E-state index in [0.717, 1.165) is 27.2 Å². The first-order valence-corrected chi connectivity index (χ1v) is 9.45. The smallest absolute Gasteiger partial charge is 0.147 e. The van der Waals surface area contributed by atoms with Crippen LogP contribution in [0.3, 0.4) is 0 Å². The summed E-state index contributed by atoms with van der Waals surface area (Å²) in [5, 5.41) is 3.71. The van der Waals surface area contributed by atoms with Crippen LogP contribution >= 0.6 is 31.9 Å². The van der Waals surface area contributed by atoms with Gasteiger partial charge in [0.05, 0.1) is 16.1 Å². The summed E-state index contributed by atoms with van der Waals surface area (Å²) >= 11 is 7.14. The van der Waals surface area contributed by atoms with E-state index in [2.05, 4.69) is 56.2 Å². The second-order valence-corrected chi connectivity index (χ2v) is 7.72. The zero-order valence-corrected chi connectivity index (χ0v) is 16.1. The summed E-state index contributed by atoms with van der Waals surface area (Å²) in [6.45, 7) is 3.24. The number of halogens is 2. The average molecular weight is 419 g/mol. The fourth-order valence-corrected chi connectivity index (χ4v) is 4.77. The van der Waals surface area contributed by atoms with Crippen LogP contribution in [0.1, 0.15) is 51.0 Å². The Morgan fingerprint density at radius 2 is 1.71 bits per heavy atom. The Hall–Kier alpha value is -0.0600. The molecule has 2 nitrogen and oxygen atoms in total. The molecular formula is C17H25Br2NO. The average Bonchev–Trinajstić information content (AvgIpc) is 2.73. The normalized spacial score (nSPS) is 18.3. The van der Waals surface area contributed by atoms with Gasteiger partial charge in [-0.15, -0.1) is 0 Å². The SMILES string of the molecule is COc1c(Br)cc(CN[C@H](C)C2CCCCCC2)cc1Br. The molecule has 1 saturated carbocycles. The Morgan fingerprint density at radius 1 is 1.14 bits per heavy atom. The molecule has 118 valence electrons. The van der Waals surface area contributed by atoms with Crippen molar-refractivity contribution in [2.45, 2.75) is 58.0 Å². The van der Waals surface area contributed by atoms with Crippen molar-refractivity contribution in [3.8, 4) is 5.75 Å². The van der Waals surface area contributed by atoms with E-state index < -0.39 is 0 Å². The van der Waals surface area contributed by atoms with Crippen molar-refractivity contribution < 1.29 is 4.74 Å². The number of benzene rings is 1. The first-order chi connectivity index (χ1) is 10.1. The zero-order valence-electron chi connectivity index (χ0n) is 12.9. The van der Waals surface area contributed by atoms with Gasteiger partial charge in [0.2, 0.25) is 0 Å². The van der Waals surface area contributed by atoms with Crippen molar-refractivity contribution in [1.29, 1.82) is 0 Å². The molecule has 21 heavy (non-hydrogen) atoms. The second kappa shape index (κ2) is 8.54. The second-order valence-electron chi connectivity index (χ2n) is 6.01. The molecule has 0 spiro atoms. The van der Waals surface area contributed by atoms with Crippen LogP contribution in [0.2, 0.25) is 0 Å². The van der Waals surface area contributed by atoms with Crippen molar-refractivity contribution in [3.63, 3.8) is 0 Å². The lowest BCUT2D eigenvalue weighted by molar-refractivity contribution is 0.336. The highest BCUT2D eigenvalue weighted by atomic mass is 79.9. The molecule has 0 unspecified atom stereocenters. The van der Waals surface area contributed by atoms with Crippen molar-refractivity contribution >= 4 is 31.9 Å². The van der Waals surface area contributed by atoms with Gasteiger partial charge in [-0.3, -0.25) is 0 Å². The van der Waals surface area contributed by atoms with Crippen LogP contribution in [-0.2, 0) is 6.54 Å². The fraction of sp³-hybridized carbons (Fsp3) is 0.647. The summed E-state index contributed by atoms with van der Waals surface area (Å²) < 4.78 is 7.35. The van der Waals surface area contributed by atoms with Crippen molar-refractivity contribution in [3.05, 3.63) is 26.6 Å². The van der Waals surface area contributed by atoms with Gasteiger partial charge in [0.15, 0.2) is 0 Å². The minimum absolute atomic E-state index is 0.586. The lowest BCUT2D eigenvalue weighted by Gasteiger charge is -2.24. The zero-order chi connectivity index (χ0) is 15.2. The summed E-state index contributed by atoms with van der Waals surface area (Å²) in [4.78, 5) is 0. The lowest BCUT2D eigenvalue weighted by atomic mass is 9.93. The molecule has 1 aliphatic rings. The molecule has 0 aromatic heterocycles. The van der Waals surface area contributed by atoms with Gasteiger partial charge in [-0.05, 0) is 75.2 Å². The van der Waals surface area contributed by atoms with E-state index >= 15 is 0 Å². The summed E-state index contributed by atoms with van der Waals surface area (Å²) in [5.74, 6) is 1.69. The summed E-state index contributed by atoms with van der Waals surface area (Å²) in [7, 11) is 1.69. The molecular weight excluding hydrogens is 394 g/mol. The molecule has 2 rings (SSSR count). The van der Waals surface area contributed by atoms with E-state index in [-0.39, 0.29) is 0 Å². The first kappa shape index (κ1) is 17.3. The van der Waals surface area contributed by atoms with E-state index in [4.69, 9.17) is 4.74 Å². The van der Waals surface area contributed by atoms with E-state index in [1.54, 1.807) is 7.11 Å². The van der Waals surface area contributed by atoms with Crippen LogP contribution in [0.25, 0.3) is 0 Å². The molecule has 0 radical (unpaired) electrons. The van der Waals surface area contributed by atoms with Gasteiger partial charge < -0.3 is 10.1 Å². The van der Waals surface area contributed by atoms with E-state index in [9.17, 15) is 0 Å². The molecule has 1 aromatic rings. The largest absolute Gasteiger partial charge is 0.494 e. The predicted molar refractivity (Wildman–Crippen MR) is 95.9 cm³/mol. The van der Waals surface area contributed by atoms with Gasteiger partial charge in [0.25, 0.3) is 0 Å². The lowest BCUT2D eigenvalue weighted by Crippen LogP contribution is -2.32. The maximum absolute atomic E-state index is 5.35. The fourth-order valence-electron chi connectivity index (χ4n) is 3.17. The molecule has 0 heterocycles. The molecule has 1 N–H and O–H groups in total. The quantitative estimate of drug-likeness (QED) is 0.622. The maximum atomic E-state index is 5.35. The van der Waals surface area contributed by atoms with Crippen LogP contribution in [0.5, 0.6) is 5.75 Å². The highest BCUT2D eigenvalue weighted by Gasteiger charge is 2.18. The molecule has 0 aliphatic heterocycles. The highest BCUT2D eigenvalue weighted by Crippen LogP contribution is 2.34. The van der Waals surface area contributed by atoms with Gasteiger partial charge in [0, 0.05) is 12.6 Å². The summed E-state index contributed by atoms with van der Waals surface area (Å²) in [5.41, 5.74) is 1.27. The molecule has 1 aliphatic carbocycles. The van der Waals surface area contributed by atoms with E-state index in [1.807, 2.05) is 0 Å². The Labute approximate surface area is 145 Å². The minimum Gasteiger partial charge on any atom is -0.494 e. The van der Waals surface area contributed by atoms with Crippen LogP contribution < -0.4 is 10.1 Å². The molecule has 1 atom stereocenters. The molecule has 1 fully saturated rings. The molecule has 0 saturated heterocycles. The molecule has 0 bridgehead atoms. The monoisotopic (exact) mass is 417 g/mol. The van der Waals surface area contributed by atoms with E-state index in [0.29, 0.717) is 6.04 Å². The van der Waals surface area contributed by atoms with Gasteiger partial charge in [0.1, 0.15) is 5.75 Å². The number of ether oxygens (including phenoxy) is 1. The van der Waals surface area contributed by atoms with Crippen molar-refractivity contribution in [2.75, 3.05) is 7.11 Å². The van der Waals surface area contributed by atoms with Gasteiger partial charge in [-0.2, -0.15) is 0 Å². The third kappa shape index (κ3) is 4.97. The van der Waals surface area contributed by atoms with Crippen LogP contribution in [0, 0.1) is 5.92 Å². The number of methoxy groups -OCH3 is 1. The topological polar surface area (TPSA) is 21.3 Å². The third-order valence-corrected chi connectivity index (χ3v) is 5.68. The summed E-state index contributed by atoms with van der Waals surface area (Å²) in [6.07, 6.45) is 8.39. The molecule has 1 aromatic carbocycles. The van der Waals surface area contributed by atoms with Gasteiger partial charge in [-0.1, -0.05) is 25.7 Å². The Bertz CT molecular complexity index is 433. The predicted octanol–water partition coefficient (Wildman–Crippen LogP) is 5.67. The third-order valence-electron chi connectivity index (χ3n) is 4.50. The molecule has 0 amide bonds. The highest BCUT2D eigenvalue weighted by molar-refractivity contribution is 9.11. The van der Waals surface area contributed by atoms with E-state index in [1.165, 1.54) is 44.1 Å². The Morgan fingerprint density at radius 3 is 2.24 bits per heavy atom. The summed E-state index contributed by atoms with van der Waals surface area (Å²) in [6, 6.07) is 4.86. The minimum atomic E-state index is 0.586. The van der Waals surface area contributed by atoms with Gasteiger partial charge >= 0.3 is 0 Å². The maximum Gasteiger partial charge on any atom is 0.147 e. The Balaban J connectivity index is 1.93. The van der Waals surface area contributed by atoms with Crippen LogP contribution in [0.4, 0.5) is 0 Å². The number of nitrogens with one attached hydrogen (secondary N) is 1. The van der Waals surface area contributed by atoms with Crippen molar-refractivity contribution in [2.24, 2.45) is 5.92 Å². The van der Waals surface area contributed by atoms with Crippen molar-refractivity contribution in [1.82, 2.24) is 5.32 Å². The van der Waals surface area contributed by atoms with Crippen LogP contribution in [-0.4, -0.2) is 13.2 Å². The number of rotatable bonds is 5. The number of hydrogen-bond donors (Lipinski definition) is 1. The molecule has 4 heteroatoms. The van der Waals surface area contributed by atoms with Crippen LogP contribution in [0.15, 0.2) is 21.1 Å².